The van der Waals surface area contributed by atoms with Gasteiger partial charge in [-0.25, -0.2) is 4.98 Å². The van der Waals surface area contributed by atoms with Crippen LogP contribution in [-0.2, 0) is 0 Å². The molecule has 0 aliphatic heterocycles. The van der Waals surface area contributed by atoms with Gasteiger partial charge in [0.15, 0.2) is 0 Å². The average Bonchev–Trinajstić information content (AvgIpc) is 2.14. The van der Waals surface area contributed by atoms with Crippen molar-refractivity contribution in [2.24, 2.45) is 0 Å². The normalized spacial score (nSPS) is 9.31. The molecule has 4 heteroatoms. The summed E-state index contributed by atoms with van der Waals surface area (Å²) >= 11 is 1.79. The van der Waals surface area contributed by atoms with E-state index in [1.54, 1.807) is 11.8 Å². The molecule has 1 rings (SSSR count). The number of halogens is 1. The van der Waals surface area contributed by atoms with Crippen molar-refractivity contribution in [1.29, 1.82) is 0 Å². The number of nitrogens with one attached hydrogen (secondary N) is 1. The molecule has 0 fully saturated rings. The molecule has 0 saturated heterocycles. The molecule has 0 aliphatic carbocycles. The van der Waals surface area contributed by atoms with Gasteiger partial charge in [0.2, 0.25) is 0 Å². The van der Waals surface area contributed by atoms with Gasteiger partial charge in [0.25, 0.3) is 0 Å². The number of hydrogen-bond acceptors (Lipinski definition) is 3. The highest BCUT2D eigenvalue weighted by Crippen LogP contribution is 2.12. The third-order valence-corrected chi connectivity index (χ3v) is 2.36. The van der Waals surface area contributed by atoms with Gasteiger partial charge in [0, 0.05) is 18.5 Å². The Bertz CT molecular complexity index is 206. The van der Waals surface area contributed by atoms with Crippen molar-refractivity contribution in [2.45, 2.75) is 11.9 Å². The minimum atomic E-state index is 0. The lowest BCUT2D eigenvalue weighted by atomic mass is 10.5. The monoisotopic (exact) mass is 218 g/mol. The average molecular weight is 219 g/mol. The molecule has 1 heterocycles. The second-order valence-corrected chi connectivity index (χ2v) is 3.49. The van der Waals surface area contributed by atoms with Crippen LogP contribution >= 0.6 is 24.2 Å². The number of rotatable bonds is 5. The second-order valence-electron chi connectivity index (χ2n) is 2.37. The first-order chi connectivity index (χ1) is 5.93. The van der Waals surface area contributed by atoms with Crippen molar-refractivity contribution >= 4 is 24.2 Å². The van der Waals surface area contributed by atoms with Gasteiger partial charge in [-0.2, -0.15) is 0 Å². The first kappa shape index (κ1) is 12.8. The van der Waals surface area contributed by atoms with Crippen LogP contribution in [-0.4, -0.2) is 23.8 Å². The van der Waals surface area contributed by atoms with Gasteiger partial charge in [0.1, 0.15) is 0 Å². The van der Waals surface area contributed by atoms with Crippen LogP contribution in [0, 0.1) is 0 Å². The van der Waals surface area contributed by atoms with Gasteiger partial charge >= 0.3 is 0 Å². The number of thioether (sulfide) groups is 1. The molecule has 0 aliphatic rings. The molecule has 0 radical (unpaired) electrons. The Hall–Kier alpha value is -0.250. The van der Waals surface area contributed by atoms with Crippen LogP contribution < -0.4 is 5.32 Å². The van der Waals surface area contributed by atoms with E-state index in [-0.39, 0.29) is 12.4 Å². The third-order valence-electron chi connectivity index (χ3n) is 1.42. The smallest absolute Gasteiger partial charge is 0.0960 e. The zero-order chi connectivity index (χ0) is 8.65. The van der Waals surface area contributed by atoms with E-state index in [0.29, 0.717) is 0 Å². The summed E-state index contributed by atoms with van der Waals surface area (Å²) in [5, 5.41) is 4.38. The topological polar surface area (TPSA) is 24.9 Å². The summed E-state index contributed by atoms with van der Waals surface area (Å²) in [7, 11) is 0. The molecule has 1 aromatic heterocycles. The molecule has 0 atom stereocenters. The maximum Gasteiger partial charge on any atom is 0.0960 e. The molecular formula is C9H15ClN2S. The van der Waals surface area contributed by atoms with Crippen LogP contribution in [0.3, 0.4) is 0 Å². The lowest BCUT2D eigenvalue weighted by Gasteiger charge is -2.00. The van der Waals surface area contributed by atoms with Crippen LogP contribution in [0.2, 0.25) is 0 Å². The highest BCUT2D eigenvalue weighted by molar-refractivity contribution is 7.99. The molecule has 0 saturated carbocycles. The van der Waals surface area contributed by atoms with Crippen LogP contribution in [0.25, 0.3) is 0 Å². The zero-order valence-corrected chi connectivity index (χ0v) is 9.33. The molecule has 13 heavy (non-hydrogen) atoms. The van der Waals surface area contributed by atoms with Crippen molar-refractivity contribution in [3.05, 3.63) is 24.4 Å². The van der Waals surface area contributed by atoms with Crippen LogP contribution in [0.15, 0.2) is 29.4 Å². The Morgan fingerprint density at radius 2 is 2.31 bits per heavy atom. The molecule has 0 bridgehead atoms. The predicted molar refractivity (Wildman–Crippen MR) is 60.8 cm³/mol. The molecule has 0 unspecified atom stereocenters. The summed E-state index contributed by atoms with van der Waals surface area (Å²) < 4.78 is 0. The largest absolute Gasteiger partial charge is 0.316 e. The van der Waals surface area contributed by atoms with Crippen LogP contribution in [0.5, 0.6) is 0 Å². The van der Waals surface area contributed by atoms with E-state index in [2.05, 4.69) is 17.2 Å². The summed E-state index contributed by atoms with van der Waals surface area (Å²) in [5.41, 5.74) is 0. The molecule has 1 aromatic rings. The van der Waals surface area contributed by atoms with E-state index in [1.807, 2.05) is 24.4 Å². The minimum Gasteiger partial charge on any atom is -0.316 e. The van der Waals surface area contributed by atoms with Crippen molar-refractivity contribution in [3.63, 3.8) is 0 Å². The number of nitrogens with zero attached hydrogens (tertiary/aromatic N) is 1. The van der Waals surface area contributed by atoms with Gasteiger partial charge in [-0.3, -0.25) is 0 Å². The van der Waals surface area contributed by atoms with E-state index >= 15 is 0 Å². The Labute approximate surface area is 89.9 Å². The molecule has 2 nitrogen and oxygen atoms in total. The number of hydrogen-bond donors (Lipinski definition) is 1. The predicted octanol–water partition coefficient (Wildman–Crippen LogP) is 2.21. The van der Waals surface area contributed by atoms with Gasteiger partial charge in [-0.15, -0.1) is 24.2 Å². The first-order valence-corrected chi connectivity index (χ1v) is 5.16. The number of pyridine rings is 1. The van der Waals surface area contributed by atoms with Gasteiger partial charge in [-0.05, 0) is 18.7 Å². The molecule has 0 amide bonds. The molecule has 0 spiro atoms. The quantitative estimate of drug-likeness (QED) is 0.606. The van der Waals surface area contributed by atoms with E-state index in [0.717, 1.165) is 23.9 Å². The first-order valence-electron chi connectivity index (χ1n) is 4.18. The summed E-state index contributed by atoms with van der Waals surface area (Å²) in [5.74, 6) is 1.09. The Kier molecular flexibility index (Phi) is 8.19. The SMILES string of the molecule is CCNCCSc1ccccn1.Cl. The minimum absolute atomic E-state index is 0. The fourth-order valence-corrected chi connectivity index (χ4v) is 1.60. The van der Waals surface area contributed by atoms with E-state index in [4.69, 9.17) is 0 Å². The van der Waals surface area contributed by atoms with Crippen molar-refractivity contribution in [1.82, 2.24) is 10.3 Å². The van der Waals surface area contributed by atoms with Crippen molar-refractivity contribution in [2.75, 3.05) is 18.8 Å². The summed E-state index contributed by atoms with van der Waals surface area (Å²) in [4.78, 5) is 4.21. The Morgan fingerprint density at radius 3 is 2.92 bits per heavy atom. The highest BCUT2D eigenvalue weighted by atomic mass is 35.5. The Balaban J connectivity index is 0.00000144. The molecule has 1 N–H and O–H groups in total. The summed E-state index contributed by atoms with van der Waals surface area (Å²) in [6, 6.07) is 5.99. The second kappa shape index (κ2) is 8.35. The van der Waals surface area contributed by atoms with Gasteiger partial charge in [0.05, 0.1) is 5.03 Å². The molecule has 0 aromatic carbocycles. The number of aromatic nitrogens is 1. The lowest BCUT2D eigenvalue weighted by Crippen LogP contribution is -2.15. The molecular weight excluding hydrogens is 204 g/mol. The summed E-state index contributed by atoms with van der Waals surface area (Å²) in [6.07, 6.45) is 1.83. The maximum absolute atomic E-state index is 4.21. The standard InChI is InChI=1S/C9H14N2S.ClH/c1-2-10-7-8-12-9-5-3-4-6-11-9;/h3-6,10H,2,7-8H2,1H3;1H. The van der Waals surface area contributed by atoms with Crippen LogP contribution in [0.1, 0.15) is 6.92 Å². The zero-order valence-electron chi connectivity index (χ0n) is 7.69. The molecule has 74 valence electrons. The van der Waals surface area contributed by atoms with E-state index in [1.165, 1.54) is 0 Å². The van der Waals surface area contributed by atoms with E-state index < -0.39 is 0 Å². The Morgan fingerprint density at radius 1 is 1.46 bits per heavy atom. The van der Waals surface area contributed by atoms with Gasteiger partial charge in [-0.1, -0.05) is 13.0 Å². The highest BCUT2D eigenvalue weighted by Gasteiger charge is 1.91. The fraction of sp³-hybridized carbons (Fsp3) is 0.444. The third kappa shape index (κ3) is 5.91. The lowest BCUT2D eigenvalue weighted by molar-refractivity contribution is 0.768. The maximum atomic E-state index is 4.21. The van der Waals surface area contributed by atoms with Crippen molar-refractivity contribution < 1.29 is 0 Å². The van der Waals surface area contributed by atoms with Gasteiger partial charge < -0.3 is 5.32 Å². The van der Waals surface area contributed by atoms with Crippen LogP contribution in [0.4, 0.5) is 0 Å². The van der Waals surface area contributed by atoms with E-state index in [9.17, 15) is 0 Å². The fourth-order valence-electron chi connectivity index (χ4n) is 0.837. The van der Waals surface area contributed by atoms with Crippen molar-refractivity contribution in [3.8, 4) is 0 Å². The summed E-state index contributed by atoms with van der Waals surface area (Å²) in [6.45, 7) is 4.21.